The second-order valence-electron chi connectivity index (χ2n) is 6.83. The monoisotopic (exact) mass is 360 g/mol. The summed E-state index contributed by atoms with van der Waals surface area (Å²) in [5.41, 5.74) is 1.11. The van der Waals surface area contributed by atoms with Crippen molar-refractivity contribution < 1.29 is 18.7 Å². The van der Waals surface area contributed by atoms with Crippen LogP contribution in [0, 0.1) is 5.92 Å². The first kappa shape index (κ1) is 18.2. The number of rotatable bonds is 6. The first-order chi connectivity index (χ1) is 12.5. The third kappa shape index (κ3) is 4.33. The smallest absolute Gasteiger partial charge is 0.419 e. The van der Waals surface area contributed by atoms with E-state index in [1.165, 1.54) is 11.0 Å². The number of carbonyl (C=O) groups is 2. The zero-order valence-electron chi connectivity index (χ0n) is 14.9. The van der Waals surface area contributed by atoms with E-state index >= 15 is 0 Å². The second-order valence-corrected chi connectivity index (χ2v) is 6.83. The SMILES string of the molecule is C[C@H]1CCCC[C@@H]1NC(=O)COC(=O)CCn1c(=O)oc2ccccc21. The molecular formula is C19H24N2O5. The van der Waals surface area contributed by atoms with E-state index in [2.05, 4.69) is 12.2 Å². The summed E-state index contributed by atoms with van der Waals surface area (Å²) < 4.78 is 11.5. The van der Waals surface area contributed by atoms with Crippen LogP contribution in [0.1, 0.15) is 39.0 Å². The number of ether oxygens (including phenoxy) is 1. The number of esters is 1. The van der Waals surface area contributed by atoms with Gasteiger partial charge in [-0.05, 0) is 30.9 Å². The Kier molecular flexibility index (Phi) is 5.75. The van der Waals surface area contributed by atoms with Gasteiger partial charge in [0, 0.05) is 12.6 Å². The molecule has 1 saturated carbocycles. The van der Waals surface area contributed by atoms with Crippen LogP contribution < -0.4 is 11.1 Å². The van der Waals surface area contributed by atoms with Gasteiger partial charge in [-0.1, -0.05) is 31.9 Å². The molecule has 1 heterocycles. The largest absolute Gasteiger partial charge is 0.456 e. The molecule has 2 aromatic rings. The van der Waals surface area contributed by atoms with Crippen LogP contribution in [-0.2, 0) is 20.9 Å². The van der Waals surface area contributed by atoms with Crippen LogP contribution in [0.15, 0.2) is 33.5 Å². The molecule has 1 fully saturated rings. The highest BCUT2D eigenvalue weighted by molar-refractivity contribution is 5.80. The van der Waals surface area contributed by atoms with Crippen molar-refractivity contribution in [1.29, 1.82) is 0 Å². The topological polar surface area (TPSA) is 90.5 Å². The normalized spacial score (nSPS) is 20.0. The van der Waals surface area contributed by atoms with Crippen molar-refractivity contribution >= 4 is 23.0 Å². The third-order valence-corrected chi connectivity index (χ3v) is 4.94. The summed E-state index contributed by atoms with van der Waals surface area (Å²) in [6.07, 6.45) is 4.39. The maximum absolute atomic E-state index is 12.0. The Hall–Kier alpha value is -2.57. The summed E-state index contributed by atoms with van der Waals surface area (Å²) in [4.78, 5) is 35.7. The van der Waals surface area contributed by atoms with Crippen LogP contribution in [0.3, 0.4) is 0 Å². The molecule has 1 aromatic heterocycles. The van der Waals surface area contributed by atoms with Gasteiger partial charge in [-0.2, -0.15) is 0 Å². The molecular weight excluding hydrogens is 336 g/mol. The van der Waals surface area contributed by atoms with E-state index in [0.29, 0.717) is 17.0 Å². The molecule has 0 spiro atoms. The van der Waals surface area contributed by atoms with Gasteiger partial charge in [-0.25, -0.2) is 4.79 Å². The summed E-state index contributed by atoms with van der Waals surface area (Å²) in [7, 11) is 0. The summed E-state index contributed by atoms with van der Waals surface area (Å²) in [6.45, 7) is 1.99. The Morgan fingerprint density at radius 2 is 2.04 bits per heavy atom. The van der Waals surface area contributed by atoms with Gasteiger partial charge in [0.05, 0.1) is 11.9 Å². The Morgan fingerprint density at radius 1 is 1.27 bits per heavy atom. The lowest BCUT2D eigenvalue weighted by Crippen LogP contribution is -2.42. The zero-order valence-corrected chi connectivity index (χ0v) is 14.9. The maximum atomic E-state index is 12.0. The molecule has 1 aliphatic carbocycles. The molecule has 140 valence electrons. The Bertz CT molecular complexity index is 838. The van der Waals surface area contributed by atoms with Crippen LogP contribution >= 0.6 is 0 Å². The second kappa shape index (κ2) is 8.21. The number of nitrogens with zero attached hydrogens (tertiary/aromatic N) is 1. The number of aryl methyl sites for hydroxylation is 1. The summed E-state index contributed by atoms with van der Waals surface area (Å²) >= 11 is 0. The zero-order chi connectivity index (χ0) is 18.5. The number of amides is 1. The Balaban J connectivity index is 1.46. The van der Waals surface area contributed by atoms with E-state index in [-0.39, 0.29) is 31.5 Å². The molecule has 0 unspecified atom stereocenters. The van der Waals surface area contributed by atoms with E-state index < -0.39 is 11.7 Å². The first-order valence-electron chi connectivity index (χ1n) is 9.08. The van der Waals surface area contributed by atoms with Crippen molar-refractivity contribution in [2.24, 2.45) is 5.92 Å². The highest BCUT2D eigenvalue weighted by Gasteiger charge is 2.23. The predicted octanol–water partition coefficient (Wildman–Crippen LogP) is 2.22. The van der Waals surface area contributed by atoms with Crippen LogP contribution in [-0.4, -0.2) is 29.1 Å². The van der Waals surface area contributed by atoms with Crippen molar-refractivity contribution in [3.05, 3.63) is 34.8 Å². The fourth-order valence-corrected chi connectivity index (χ4v) is 3.43. The molecule has 1 aromatic carbocycles. The van der Waals surface area contributed by atoms with Gasteiger partial charge in [-0.15, -0.1) is 0 Å². The maximum Gasteiger partial charge on any atom is 0.419 e. The van der Waals surface area contributed by atoms with E-state index in [1.807, 2.05) is 0 Å². The molecule has 7 nitrogen and oxygen atoms in total. The van der Waals surface area contributed by atoms with Crippen LogP contribution in [0.5, 0.6) is 0 Å². The minimum atomic E-state index is -0.519. The minimum Gasteiger partial charge on any atom is -0.456 e. The predicted molar refractivity (Wildman–Crippen MR) is 95.6 cm³/mol. The molecule has 1 aliphatic rings. The van der Waals surface area contributed by atoms with E-state index in [4.69, 9.17) is 9.15 Å². The first-order valence-corrected chi connectivity index (χ1v) is 9.08. The summed E-state index contributed by atoms with van der Waals surface area (Å²) in [6, 6.07) is 7.18. The van der Waals surface area contributed by atoms with Crippen molar-refractivity contribution in [1.82, 2.24) is 9.88 Å². The number of carbonyl (C=O) groups excluding carboxylic acids is 2. The van der Waals surface area contributed by atoms with E-state index in [1.54, 1.807) is 24.3 Å². The Labute approximate surface area is 151 Å². The molecule has 2 atom stereocenters. The van der Waals surface area contributed by atoms with Gasteiger partial charge in [-0.3, -0.25) is 14.2 Å². The van der Waals surface area contributed by atoms with Crippen molar-refractivity contribution in [2.75, 3.05) is 6.61 Å². The number of para-hydroxylation sites is 2. The van der Waals surface area contributed by atoms with E-state index in [0.717, 1.165) is 19.3 Å². The number of benzene rings is 1. The number of oxazole rings is 1. The molecule has 0 radical (unpaired) electrons. The molecule has 1 N–H and O–H groups in total. The molecule has 3 rings (SSSR count). The minimum absolute atomic E-state index is 0.00343. The van der Waals surface area contributed by atoms with Crippen LogP contribution in [0.4, 0.5) is 0 Å². The van der Waals surface area contributed by atoms with Crippen molar-refractivity contribution in [3.63, 3.8) is 0 Å². The average molecular weight is 360 g/mol. The summed E-state index contributed by atoms with van der Waals surface area (Å²) in [5.74, 6) is -0.857. The van der Waals surface area contributed by atoms with Crippen molar-refractivity contribution in [3.8, 4) is 0 Å². The molecule has 0 saturated heterocycles. The van der Waals surface area contributed by atoms with Crippen LogP contribution in [0.25, 0.3) is 11.1 Å². The van der Waals surface area contributed by atoms with Gasteiger partial charge >= 0.3 is 11.7 Å². The van der Waals surface area contributed by atoms with Gasteiger partial charge < -0.3 is 14.5 Å². The average Bonchev–Trinajstić information content (AvgIpc) is 2.95. The van der Waals surface area contributed by atoms with Gasteiger partial charge in [0.25, 0.3) is 5.91 Å². The fourth-order valence-electron chi connectivity index (χ4n) is 3.43. The molecule has 0 bridgehead atoms. The lowest BCUT2D eigenvalue weighted by Gasteiger charge is -2.29. The standard InChI is InChI=1S/C19H24N2O5/c1-13-6-2-3-7-14(13)20-17(22)12-25-18(23)10-11-21-15-8-4-5-9-16(15)26-19(21)24/h4-5,8-9,13-14H,2-3,6-7,10-12H2,1H3,(H,20,22)/t13-,14-/m0/s1. The third-order valence-electron chi connectivity index (χ3n) is 4.94. The quantitative estimate of drug-likeness (QED) is 0.798. The van der Waals surface area contributed by atoms with E-state index in [9.17, 15) is 14.4 Å². The van der Waals surface area contributed by atoms with Gasteiger partial charge in [0.2, 0.25) is 0 Å². The Morgan fingerprint density at radius 3 is 2.85 bits per heavy atom. The van der Waals surface area contributed by atoms with Gasteiger partial charge in [0.15, 0.2) is 12.2 Å². The number of nitrogens with one attached hydrogen (secondary N) is 1. The lowest BCUT2D eigenvalue weighted by atomic mass is 9.86. The van der Waals surface area contributed by atoms with Gasteiger partial charge in [0.1, 0.15) is 0 Å². The highest BCUT2D eigenvalue weighted by Crippen LogP contribution is 2.23. The molecule has 0 aliphatic heterocycles. The number of aromatic nitrogens is 1. The number of hydrogen-bond donors (Lipinski definition) is 1. The highest BCUT2D eigenvalue weighted by atomic mass is 16.5. The number of hydrogen-bond acceptors (Lipinski definition) is 5. The summed E-state index contributed by atoms with van der Waals surface area (Å²) in [5, 5.41) is 2.94. The fraction of sp³-hybridized carbons (Fsp3) is 0.526. The molecule has 26 heavy (non-hydrogen) atoms. The number of fused-ring (bicyclic) bond motifs is 1. The molecule has 1 amide bonds. The van der Waals surface area contributed by atoms with Crippen LogP contribution in [0.2, 0.25) is 0 Å². The lowest BCUT2D eigenvalue weighted by molar-refractivity contribution is -0.149. The van der Waals surface area contributed by atoms with Crippen molar-refractivity contribution in [2.45, 2.75) is 51.6 Å². The molecule has 7 heteroatoms.